The molecule has 0 radical (unpaired) electrons. The highest BCUT2D eigenvalue weighted by Crippen LogP contribution is 2.35. The Balaban J connectivity index is 1.36. The Bertz CT molecular complexity index is 1170. The van der Waals surface area contributed by atoms with Crippen LogP contribution in [0.25, 0.3) is 0 Å². The van der Waals surface area contributed by atoms with E-state index in [0.717, 1.165) is 17.7 Å². The average molecular weight is 416 g/mol. The maximum absolute atomic E-state index is 13.0. The van der Waals surface area contributed by atoms with E-state index in [-0.39, 0.29) is 18.6 Å². The molecule has 7 nitrogen and oxygen atoms in total. The molecule has 1 N–H and O–H groups in total. The number of benzene rings is 3. The van der Waals surface area contributed by atoms with Gasteiger partial charge in [0.1, 0.15) is 5.75 Å². The molecule has 31 heavy (non-hydrogen) atoms. The van der Waals surface area contributed by atoms with Crippen LogP contribution in [0.4, 0.5) is 11.4 Å². The largest absolute Gasteiger partial charge is 0.497 e. The number of rotatable bonds is 4. The second kappa shape index (κ2) is 7.68. The van der Waals surface area contributed by atoms with E-state index in [4.69, 9.17) is 14.2 Å². The van der Waals surface area contributed by atoms with Crippen molar-refractivity contribution >= 4 is 23.2 Å². The number of nitrogens with zero attached hydrogens (tertiary/aromatic N) is 1. The van der Waals surface area contributed by atoms with Crippen LogP contribution in [-0.4, -0.2) is 32.3 Å². The van der Waals surface area contributed by atoms with Gasteiger partial charge in [-0.25, -0.2) is 0 Å². The third kappa shape index (κ3) is 3.54. The first-order valence-electron chi connectivity index (χ1n) is 9.92. The summed E-state index contributed by atoms with van der Waals surface area (Å²) in [5.41, 5.74) is 3.47. The molecule has 0 fully saturated rings. The molecule has 0 spiro atoms. The van der Waals surface area contributed by atoms with E-state index < -0.39 is 0 Å². The van der Waals surface area contributed by atoms with Crippen molar-refractivity contribution in [1.29, 1.82) is 0 Å². The van der Waals surface area contributed by atoms with Gasteiger partial charge in [0, 0.05) is 35.1 Å². The average Bonchev–Trinajstić information content (AvgIpc) is 3.44. The second-order valence-electron chi connectivity index (χ2n) is 7.30. The minimum Gasteiger partial charge on any atom is -0.497 e. The molecule has 0 atom stereocenters. The molecule has 0 aromatic heterocycles. The number of carbonyl (C=O) groups excluding carboxylic acids is 2. The Hall–Kier alpha value is -4.00. The highest BCUT2D eigenvalue weighted by atomic mass is 16.7. The van der Waals surface area contributed by atoms with E-state index in [0.29, 0.717) is 40.6 Å². The lowest BCUT2D eigenvalue weighted by atomic mass is 10.1. The van der Waals surface area contributed by atoms with E-state index in [1.54, 1.807) is 66.6 Å². The van der Waals surface area contributed by atoms with E-state index >= 15 is 0 Å². The van der Waals surface area contributed by atoms with Crippen LogP contribution in [0.1, 0.15) is 26.3 Å². The van der Waals surface area contributed by atoms with Crippen LogP contribution in [0.5, 0.6) is 17.2 Å². The molecule has 0 aliphatic carbocycles. The van der Waals surface area contributed by atoms with Crippen molar-refractivity contribution < 1.29 is 23.8 Å². The summed E-state index contributed by atoms with van der Waals surface area (Å²) in [6.07, 6.45) is 0.751. The lowest BCUT2D eigenvalue weighted by Crippen LogP contribution is -2.29. The number of hydrogen-bond acceptors (Lipinski definition) is 5. The highest BCUT2D eigenvalue weighted by Gasteiger charge is 2.27. The molecule has 0 saturated heterocycles. The third-order valence-corrected chi connectivity index (χ3v) is 5.46. The van der Waals surface area contributed by atoms with Crippen molar-refractivity contribution in [2.45, 2.75) is 6.42 Å². The van der Waals surface area contributed by atoms with Gasteiger partial charge < -0.3 is 24.4 Å². The smallest absolute Gasteiger partial charge is 0.258 e. The SMILES string of the molecule is COc1ccc(C(=O)N2CCc3ccc(C(=O)Nc4ccc5c(c4)OCO5)cc32)cc1. The van der Waals surface area contributed by atoms with Gasteiger partial charge in [0.05, 0.1) is 7.11 Å². The number of carbonyl (C=O) groups is 2. The lowest BCUT2D eigenvalue weighted by Gasteiger charge is -2.18. The quantitative estimate of drug-likeness (QED) is 0.699. The first-order chi connectivity index (χ1) is 15.1. The molecule has 7 heteroatoms. The van der Waals surface area contributed by atoms with Crippen molar-refractivity contribution in [3.63, 3.8) is 0 Å². The Morgan fingerprint density at radius 3 is 2.52 bits per heavy atom. The van der Waals surface area contributed by atoms with Gasteiger partial charge in [0.2, 0.25) is 6.79 Å². The van der Waals surface area contributed by atoms with Crippen LogP contribution in [-0.2, 0) is 6.42 Å². The van der Waals surface area contributed by atoms with Crippen LogP contribution >= 0.6 is 0 Å². The monoisotopic (exact) mass is 416 g/mol. The Labute approximate surface area is 179 Å². The minimum absolute atomic E-state index is 0.102. The summed E-state index contributed by atoms with van der Waals surface area (Å²) in [6.45, 7) is 0.753. The highest BCUT2D eigenvalue weighted by molar-refractivity contribution is 6.09. The first-order valence-corrected chi connectivity index (χ1v) is 9.92. The molecule has 0 unspecified atom stereocenters. The van der Waals surface area contributed by atoms with Gasteiger partial charge in [0.15, 0.2) is 11.5 Å². The summed E-state index contributed by atoms with van der Waals surface area (Å²) in [5, 5.41) is 2.88. The predicted octanol–water partition coefficient (Wildman–Crippen LogP) is 3.88. The summed E-state index contributed by atoms with van der Waals surface area (Å²) >= 11 is 0. The van der Waals surface area contributed by atoms with Crippen LogP contribution in [0.2, 0.25) is 0 Å². The van der Waals surface area contributed by atoms with E-state index in [1.165, 1.54) is 0 Å². The van der Waals surface area contributed by atoms with E-state index in [2.05, 4.69) is 5.32 Å². The summed E-state index contributed by atoms with van der Waals surface area (Å²) in [4.78, 5) is 27.6. The molecule has 2 amide bonds. The van der Waals surface area contributed by atoms with Crippen LogP contribution in [0.15, 0.2) is 60.7 Å². The fraction of sp³-hybridized carbons (Fsp3) is 0.167. The van der Waals surface area contributed by atoms with Crippen molar-refractivity contribution in [3.8, 4) is 17.2 Å². The lowest BCUT2D eigenvalue weighted by molar-refractivity contribution is 0.0986. The first kappa shape index (κ1) is 19.0. The molecule has 5 rings (SSSR count). The Morgan fingerprint density at radius 2 is 1.71 bits per heavy atom. The Kier molecular flexibility index (Phi) is 4.71. The zero-order valence-electron chi connectivity index (χ0n) is 16.9. The summed E-state index contributed by atoms with van der Waals surface area (Å²) in [7, 11) is 1.59. The topological polar surface area (TPSA) is 77.1 Å². The molecule has 0 bridgehead atoms. The number of methoxy groups -OCH3 is 1. The standard InChI is InChI=1S/C24H20N2O5/c1-29-19-7-4-16(5-8-19)24(28)26-11-10-15-2-3-17(12-20(15)26)23(27)25-18-6-9-21-22(13-18)31-14-30-21/h2-9,12-13H,10-11,14H2,1H3,(H,25,27). The number of amides is 2. The van der Waals surface area contributed by atoms with Gasteiger partial charge >= 0.3 is 0 Å². The van der Waals surface area contributed by atoms with Crippen molar-refractivity contribution in [1.82, 2.24) is 0 Å². The van der Waals surface area contributed by atoms with Gasteiger partial charge in [-0.15, -0.1) is 0 Å². The predicted molar refractivity (Wildman–Crippen MR) is 115 cm³/mol. The molecular formula is C24H20N2O5. The molecule has 0 saturated carbocycles. The van der Waals surface area contributed by atoms with E-state index in [1.807, 2.05) is 6.07 Å². The van der Waals surface area contributed by atoms with Crippen molar-refractivity contribution in [3.05, 3.63) is 77.4 Å². The Morgan fingerprint density at radius 1 is 0.935 bits per heavy atom. The zero-order valence-corrected chi connectivity index (χ0v) is 16.9. The van der Waals surface area contributed by atoms with Gasteiger partial charge in [-0.1, -0.05) is 6.07 Å². The number of fused-ring (bicyclic) bond motifs is 2. The summed E-state index contributed by atoms with van der Waals surface area (Å²) < 4.78 is 15.8. The number of ether oxygens (including phenoxy) is 3. The normalized spacial score (nSPS) is 13.6. The summed E-state index contributed by atoms with van der Waals surface area (Å²) in [6, 6.07) is 17.7. The molecule has 3 aromatic rings. The maximum atomic E-state index is 13.0. The maximum Gasteiger partial charge on any atom is 0.258 e. The van der Waals surface area contributed by atoms with Crippen molar-refractivity contribution in [2.24, 2.45) is 0 Å². The number of hydrogen-bond donors (Lipinski definition) is 1. The van der Waals surface area contributed by atoms with E-state index in [9.17, 15) is 9.59 Å². The van der Waals surface area contributed by atoms with Crippen LogP contribution in [0.3, 0.4) is 0 Å². The number of anilines is 2. The fourth-order valence-electron chi connectivity index (χ4n) is 3.80. The molecule has 2 aliphatic rings. The van der Waals surface area contributed by atoms with Crippen molar-refractivity contribution in [2.75, 3.05) is 30.7 Å². The third-order valence-electron chi connectivity index (χ3n) is 5.46. The summed E-state index contributed by atoms with van der Waals surface area (Å²) in [5.74, 6) is 1.59. The van der Waals surface area contributed by atoms with Gasteiger partial charge in [-0.05, 0) is 60.5 Å². The molecule has 2 aliphatic heterocycles. The fourth-order valence-corrected chi connectivity index (χ4v) is 3.80. The van der Waals surface area contributed by atoms with Crippen LogP contribution < -0.4 is 24.4 Å². The number of nitrogens with one attached hydrogen (secondary N) is 1. The molecule has 156 valence electrons. The molecule has 2 heterocycles. The van der Waals surface area contributed by atoms with Gasteiger partial charge in [-0.2, -0.15) is 0 Å². The van der Waals surface area contributed by atoms with Gasteiger partial charge in [0.25, 0.3) is 11.8 Å². The van der Waals surface area contributed by atoms with Gasteiger partial charge in [-0.3, -0.25) is 9.59 Å². The second-order valence-corrected chi connectivity index (χ2v) is 7.30. The zero-order chi connectivity index (χ0) is 21.4. The minimum atomic E-state index is -0.259. The molecule has 3 aromatic carbocycles. The van der Waals surface area contributed by atoms with Crippen LogP contribution in [0, 0.1) is 0 Å². The molecular weight excluding hydrogens is 396 g/mol.